The number of phenolic OH excluding ortho intramolecular Hbond substituents is 1. The summed E-state index contributed by atoms with van der Waals surface area (Å²) in [5.41, 5.74) is 29.2. The molecule has 0 radical (unpaired) electrons. The van der Waals surface area contributed by atoms with E-state index in [-0.39, 0.29) is 49.5 Å². The van der Waals surface area contributed by atoms with Gasteiger partial charge in [0.2, 0.25) is 65.0 Å². The van der Waals surface area contributed by atoms with E-state index in [1.807, 2.05) is 0 Å². The van der Waals surface area contributed by atoms with E-state index in [0.29, 0.717) is 36.9 Å². The zero-order chi connectivity index (χ0) is 53.6. The highest BCUT2D eigenvalue weighted by molar-refractivity contribution is 8.76. The van der Waals surface area contributed by atoms with Crippen LogP contribution in [-0.2, 0) is 65.6 Å². The maximum atomic E-state index is 14.6. The van der Waals surface area contributed by atoms with Crippen molar-refractivity contribution in [2.45, 2.75) is 113 Å². The lowest BCUT2D eigenvalue weighted by molar-refractivity contribution is -0.142. The van der Waals surface area contributed by atoms with Crippen LogP contribution in [0.5, 0.6) is 5.75 Å². The SMILES string of the molecule is NCCCCC(NC(=O)[C@@H]1CCCN1C(=O)[C@@H]1CSSC[C@H](N)C(=O)N[C@@H](Cc2ccc(O)cc2)C(=O)N[C@@H](Cc2ccccc2)C(=O)N[C@@H](CCC(N)=O)C(=O)N[C@@H](CC(N)=O)C(=O)N1)C(=O)NCC(N)=O. The lowest BCUT2D eigenvalue weighted by Crippen LogP contribution is -2.61. The van der Waals surface area contributed by atoms with E-state index < -0.39 is 139 Å². The maximum Gasteiger partial charge on any atom is 0.246 e. The molecule has 0 spiro atoms. The van der Waals surface area contributed by atoms with Crippen LogP contribution in [0.25, 0.3) is 0 Å². The molecule has 8 atom stereocenters. The van der Waals surface area contributed by atoms with E-state index in [9.17, 15) is 57.8 Å². The van der Waals surface area contributed by atoms with Crippen molar-refractivity contribution in [2.24, 2.45) is 28.7 Å². The summed E-state index contributed by atoms with van der Waals surface area (Å²) in [5, 5.41) is 27.7. The largest absolute Gasteiger partial charge is 0.508 e. The van der Waals surface area contributed by atoms with Crippen LogP contribution in [0, 0.1) is 0 Å². The summed E-state index contributed by atoms with van der Waals surface area (Å²) in [6.07, 6.45) is -0.386. The molecule has 18 N–H and O–H groups in total. The molecule has 0 aromatic heterocycles. The Hall–Kier alpha value is -6.97. The molecular weight excluding hydrogens is 991 g/mol. The summed E-state index contributed by atoms with van der Waals surface area (Å²) in [4.78, 5) is 149. The van der Waals surface area contributed by atoms with Crippen molar-refractivity contribution in [1.29, 1.82) is 0 Å². The van der Waals surface area contributed by atoms with Crippen LogP contribution in [0.1, 0.15) is 62.5 Å². The average molecular weight is 1060 g/mol. The zero-order valence-corrected chi connectivity index (χ0v) is 41.6. The summed E-state index contributed by atoms with van der Waals surface area (Å²) in [6.45, 7) is -0.147. The number of carbonyl (C=O) groups is 11. The van der Waals surface area contributed by atoms with Crippen molar-refractivity contribution in [2.75, 3.05) is 31.1 Å². The molecule has 2 aromatic rings. The van der Waals surface area contributed by atoms with Gasteiger partial charge in [-0.05, 0) is 68.3 Å². The number of benzene rings is 2. The Kier molecular flexibility index (Phi) is 23.7. The molecule has 2 fully saturated rings. The van der Waals surface area contributed by atoms with Gasteiger partial charge in [0.25, 0.3) is 0 Å². The molecule has 398 valence electrons. The Morgan fingerprint density at radius 1 is 0.699 bits per heavy atom. The van der Waals surface area contributed by atoms with E-state index in [1.165, 1.54) is 29.2 Å². The molecule has 2 aromatic carbocycles. The molecule has 4 rings (SSSR count). The predicted octanol–water partition coefficient (Wildman–Crippen LogP) is -4.33. The first-order valence-electron chi connectivity index (χ1n) is 23.5. The highest BCUT2D eigenvalue weighted by atomic mass is 33.1. The Morgan fingerprint density at radius 2 is 1.27 bits per heavy atom. The van der Waals surface area contributed by atoms with E-state index in [1.54, 1.807) is 30.3 Å². The van der Waals surface area contributed by atoms with Crippen molar-refractivity contribution in [3.63, 3.8) is 0 Å². The molecule has 1 unspecified atom stereocenters. The Labute approximate surface area is 428 Å². The highest BCUT2D eigenvalue weighted by Crippen LogP contribution is 2.26. The Bertz CT molecular complexity index is 2300. The predicted molar refractivity (Wildman–Crippen MR) is 269 cm³/mol. The second-order valence-electron chi connectivity index (χ2n) is 17.4. The second kappa shape index (κ2) is 29.5. The third-order valence-electron chi connectivity index (χ3n) is 11.6. The van der Waals surface area contributed by atoms with Gasteiger partial charge in [0.05, 0.1) is 19.0 Å². The first-order valence-corrected chi connectivity index (χ1v) is 26.0. The van der Waals surface area contributed by atoms with Gasteiger partial charge in [-0.1, -0.05) is 64.1 Å². The van der Waals surface area contributed by atoms with Crippen molar-refractivity contribution >= 4 is 86.6 Å². The minimum atomic E-state index is -1.78. The topological polar surface area (TPSA) is 426 Å². The van der Waals surface area contributed by atoms with E-state index >= 15 is 0 Å². The van der Waals surface area contributed by atoms with Crippen LogP contribution in [0.4, 0.5) is 0 Å². The number of rotatable bonds is 19. The standard InChI is InChI=1S/C46H65N13O12S2/c47-17-5-4-9-29(40(65)52-22-38(51)63)54-45(70)35-10-6-18-59(35)46(71)34-24-73-72-23-28(48)39(64)55-31(20-26-11-13-27(60)14-12-26)43(68)56-32(19-25-7-2-1-3-8-25)42(67)53-30(15-16-36(49)61)41(66)57-33(21-37(50)62)44(69)58-34/h1-3,7-8,11-14,28-35,60H,4-6,9-10,15-24,47-48H2,(H2,49,61)(H2,50,62)(H2,51,63)(H,52,65)(H,53,67)(H,54,70)(H,55,64)(H,56,68)(H,57,66)(H,58,69)/t28-,29?,30-,31-,32-,33-,34-,35-/m0/s1. The summed E-state index contributed by atoms with van der Waals surface area (Å²) < 4.78 is 0. The molecule has 2 aliphatic rings. The van der Waals surface area contributed by atoms with Crippen LogP contribution in [0.2, 0.25) is 0 Å². The van der Waals surface area contributed by atoms with Crippen LogP contribution in [0.3, 0.4) is 0 Å². The average Bonchev–Trinajstić information content (AvgIpc) is 3.85. The number of hydrogen-bond donors (Lipinski definition) is 13. The zero-order valence-electron chi connectivity index (χ0n) is 40.0. The molecule has 2 heterocycles. The minimum absolute atomic E-state index is 0.0324. The van der Waals surface area contributed by atoms with Gasteiger partial charge in [0, 0.05) is 37.3 Å². The van der Waals surface area contributed by atoms with Gasteiger partial charge >= 0.3 is 0 Å². The fourth-order valence-electron chi connectivity index (χ4n) is 7.79. The van der Waals surface area contributed by atoms with Crippen LogP contribution in [0.15, 0.2) is 54.6 Å². The van der Waals surface area contributed by atoms with Crippen molar-refractivity contribution < 1.29 is 57.8 Å². The molecule has 25 nitrogen and oxygen atoms in total. The first kappa shape index (κ1) is 58.6. The molecule has 0 bridgehead atoms. The molecule has 73 heavy (non-hydrogen) atoms. The number of likely N-dealkylation sites (tertiary alicyclic amines) is 1. The van der Waals surface area contributed by atoms with Gasteiger partial charge in [-0.2, -0.15) is 0 Å². The molecule has 0 saturated carbocycles. The van der Waals surface area contributed by atoms with Gasteiger partial charge in [-0.3, -0.25) is 52.7 Å². The molecule has 2 aliphatic heterocycles. The van der Waals surface area contributed by atoms with E-state index in [4.69, 9.17) is 28.7 Å². The molecule has 0 aliphatic carbocycles. The Balaban J connectivity index is 1.71. The third kappa shape index (κ3) is 19.5. The minimum Gasteiger partial charge on any atom is -0.508 e. The molecule has 27 heteroatoms. The lowest BCUT2D eigenvalue weighted by atomic mass is 10.0. The van der Waals surface area contributed by atoms with Crippen LogP contribution >= 0.6 is 21.6 Å². The van der Waals surface area contributed by atoms with Crippen LogP contribution in [-0.4, -0.2) is 154 Å². The first-order chi connectivity index (χ1) is 34.8. The monoisotopic (exact) mass is 1060 g/mol. The number of nitrogens with one attached hydrogen (secondary N) is 7. The summed E-state index contributed by atoms with van der Waals surface area (Å²) in [6, 6.07) is 3.09. The smallest absolute Gasteiger partial charge is 0.246 e. The van der Waals surface area contributed by atoms with Crippen molar-refractivity contribution in [3.8, 4) is 5.75 Å². The number of carbonyl (C=O) groups excluding carboxylic acids is 11. The number of nitrogens with zero attached hydrogens (tertiary/aromatic N) is 1. The number of primary amides is 3. The van der Waals surface area contributed by atoms with Gasteiger partial charge in [0.1, 0.15) is 48.0 Å². The number of nitrogens with two attached hydrogens (primary N) is 5. The van der Waals surface area contributed by atoms with E-state index in [2.05, 4.69) is 37.2 Å². The van der Waals surface area contributed by atoms with Gasteiger partial charge in [0.15, 0.2) is 0 Å². The number of phenols is 1. The lowest BCUT2D eigenvalue weighted by Gasteiger charge is -2.31. The normalized spacial score (nSPS) is 23.0. The molecule has 11 amide bonds. The number of amides is 11. The van der Waals surface area contributed by atoms with Crippen LogP contribution < -0.4 is 65.9 Å². The van der Waals surface area contributed by atoms with E-state index in [0.717, 1.165) is 21.6 Å². The Morgan fingerprint density at radius 3 is 1.89 bits per heavy atom. The maximum absolute atomic E-state index is 14.6. The molecule has 2 saturated heterocycles. The highest BCUT2D eigenvalue weighted by Gasteiger charge is 2.40. The summed E-state index contributed by atoms with van der Waals surface area (Å²) in [7, 11) is 2.02. The van der Waals surface area contributed by atoms with Crippen molar-refractivity contribution in [1.82, 2.24) is 42.1 Å². The third-order valence-corrected chi connectivity index (χ3v) is 14.1. The van der Waals surface area contributed by atoms with Gasteiger partial charge in [-0.15, -0.1) is 0 Å². The fraction of sp³-hybridized carbons (Fsp3) is 0.500. The van der Waals surface area contributed by atoms with Gasteiger partial charge < -0.3 is 75.9 Å². The number of unbranched alkanes of at least 4 members (excludes halogenated alkanes) is 1. The van der Waals surface area contributed by atoms with Crippen molar-refractivity contribution in [3.05, 3.63) is 65.7 Å². The molecular formula is C46H65N13O12S2. The second-order valence-corrected chi connectivity index (χ2v) is 20.0. The number of hydrogen-bond acceptors (Lipinski definition) is 16. The fourth-order valence-corrected chi connectivity index (χ4v) is 10.1. The quantitative estimate of drug-likeness (QED) is 0.0467. The number of aromatic hydroxyl groups is 1. The summed E-state index contributed by atoms with van der Waals surface area (Å²) in [5.74, 6) is -10.0. The summed E-state index contributed by atoms with van der Waals surface area (Å²) >= 11 is 0. The van der Waals surface area contributed by atoms with Gasteiger partial charge in [-0.25, -0.2) is 0 Å².